The first kappa shape index (κ1) is 18.0. The lowest BCUT2D eigenvalue weighted by Crippen LogP contribution is -2.34. The highest BCUT2D eigenvalue weighted by molar-refractivity contribution is 7.80. The zero-order valence-corrected chi connectivity index (χ0v) is 15.6. The Morgan fingerprint density at radius 2 is 1.77 bits per heavy atom. The molecule has 0 saturated carbocycles. The molecule has 3 aromatic rings. The number of amides is 1. The second kappa shape index (κ2) is 8.07. The Bertz CT molecular complexity index is 967. The standard InChI is InChI=1S/C19H16N2O3S2/c1-2-24-18(23)15-13-10-6-7-11-14(13)26-17(15)21-19(25)20-16(22)12-8-4-3-5-9-12/h3-11H,2H2,1H3,(H2,20,21,22,25). The molecule has 5 nitrogen and oxygen atoms in total. The number of hydrogen-bond donors (Lipinski definition) is 2. The molecular weight excluding hydrogens is 368 g/mol. The fraction of sp³-hybridized carbons (Fsp3) is 0.105. The summed E-state index contributed by atoms with van der Waals surface area (Å²) in [6, 6.07) is 16.3. The van der Waals surface area contributed by atoms with Crippen LogP contribution in [0.5, 0.6) is 0 Å². The molecule has 2 aromatic carbocycles. The fourth-order valence-corrected chi connectivity index (χ4v) is 3.79. The van der Waals surface area contributed by atoms with Crippen molar-refractivity contribution in [1.82, 2.24) is 5.32 Å². The number of hydrogen-bond acceptors (Lipinski definition) is 5. The molecule has 0 atom stereocenters. The molecule has 132 valence electrons. The molecule has 0 saturated heterocycles. The van der Waals surface area contributed by atoms with Crippen LogP contribution in [0.1, 0.15) is 27.6 Å². The zero-order chi connectivity index (χ0) is 18.5. The van der Waals surface area contributed by atoms with Crippen molar-refractivity contribution in [2.75, 3.05) is 11.9 Å². The average molecular weight is 384 g/mol. The average Bonchev–Trinajstić information content (AvgIpc) is 3.00. The summed E-state index contributed by atoms with van der Waals surface area (Å²) < 4.78 is 6.09. The molecule has 0 aliphatic heterocycles. The van der Waals surface area contributed by atoms with Gasteiger partial charge in [-0.1, -0.05) is 36.4 Å². The summed E-state index contributed by atoms with van der Waals surface area (Å²) in [6.07, 6.45) is 0. The molecule has 1 aromatic heterocycles. The Morgan fingerprint density at radius 1 is 1.08 bits per heavy atom. The number of carbonyl (C=O) groups excluding carboxylic acids is 2. The van der Waals surface area contributed by atoms with Crippen LogP contribution >= 0.6 is 23.6 Å². The molecule has 26 heavy (non-hydrogen) atoms. The summed E-state index contributed by atoms with van der Waals surface area (Å²) in [4.78, 5) is 24.6. The first-order chi connectivity index (χ1) is 12.6. The van der Waals surface area contributed by atoms with E-state index in [4.69, 9.17) is 17.0 Å². The molecular formula is C19H16N2O3S2. The number of fused-ring (bicyclic) bond motifs is 1. The van der Waals surface area contributed by atoms with Crippen molar-refractivity contribution in [2.45, 2.75) is 6.92 Å². The fourth-order valence-electron chi connectivity index (χ4n) is 2.44. The van der Waals surface area contributed by atoms with Gasteiger partial charge < -0.3 is 10.1 Å². The number of thiophene rings is 1. The Morgan fingerprint density at radius 3 is 2.50 bits per heavy atom. The SMILES string of the molecule is CCOC(=O)c1c(NC(=S)NC(=O)c2ccccc2)sc2ccccc12. The third kappa shape index (κ3) is 3.89. The summed E-state index contributed by atoms with van der Waals surface area (Å²) in [7, 11) is 0. The second-order valence-electron chi connectivity index (χ2n) is 5.30. The topological polar surface area (TPSA) is 67.4 Å². The number of esters is 1. The van der Waals surface area contributed by atoms with Crippen LogP contribution in [0, 0.1) is 0 Å². The van der Waals surface area contributed by atoms with Gasteiger partial charge in [0.1, 0.15) is 10.6 Å². The summed E-state index contributed by atoms with van der Waals surface area (Å²) in [5.74, 6) is -0.744. The maximum absolute atomic E-state index is 12.4. The van der Waals surface area contributed by atoms with E-state index in [0.717, 1.165) is 10.1 Å². The summed E-state index contributed by atoms with van der Waals surface area (Å²) >= 11 is 6.62. The van der Waals surface area contributed by atoms with Crippen LogP contribution in [-0.2, 0) is 4.74 Å². The van der Waals surface area contributed by atoms with Crippen LogP contribution in [0.15, 0.2) is 54.6 Å². The van der Waals surface area contributed by atoms with Crippen molar-refractivity contribution in [3.63, 3.8) is 0 Å². The van der Waals surface area contributed by atoms with E-state index in [1.54, 1.807) is 31.2 Å². The number of ether oxygens (including phenoxy) is 1. The molecule has 7 heteroatoms. The van der Waals surface area contributed by atoms with Gasteiger partial charge in [0.2, 0.25) is 0 Å². The Hall–Kier alpha value is -2.77. The van der Waals surface area contributed by atoms with Crippen molar-refractivity contribution >= 4 is 55.6 Å². The van der Waals surface area contributed by atoms with Gasteiger partial charge in [-0.15, -0.1) is 11.3 Å². The molecule has 0 spiro atoms. The van der Waals surface area contributed by atoms with E-state index in [0.29, 0.717) is 16.1 Å². The molecule has 2 N–H and O–H groups in total. The van der Waals surface area contributed by atoms with Crippen LogP contribution in [-0.4, -0.2) is 23.6 Å². The van der Waals surface area contributed by atoms with Gasteiger partial charge in [0.25, 0.3) is 5.91 Å². The van der Waals surface area contributed by atoms with Gasteiger partial charge in [-0.05, 0) is 37.3 Å². The van der Waals surface area contributed by atoms with E-state index in [2.05, 4.69) is 10.6 Å². The molecule has 0 unspecified atom stereocenters. The third-order valence-corrected chi connectivity index (χ3v) is 4.86. The molecule has 0 aliphatic carbocycles. The summed E-state index contributed by atoms with van der Waals surface area (Å²) in [5.41, 5.74) is 0.919. The van der Waals surface area contributed by atoms with Crippen LogP contribution < -0.4 is 10.6 Å². The molecule has 0 bridgehead atoms. The van der Waals surface area contributed by atoms with Gasteiger partial charge in [-0.3, -0.25) is 10.1 Å². The lowest BCUT2D eigenvalue weighted by molar-refractivity contribution is 0.0530. The van der Waals surface area contributed by atoms with Gasteiger partial charge >= 0.3 is 5.97 Å². The van der Waals surface area contributed by atoms with Crippen LogP contribution in [0.3, 0.4) is 0 Å². The maximum atomic E-state index is 12.4. The molecule has 1 heterocycles. The van der Waals surface area contributed by atoms with Crippen molar-refractivity contribution in [2.24, 2.45) is 0 Å². The predicted molar refractivity (Wildman–Crippen MR) is 108 cm³/mol. The van der Waals surface area contributed by atoms with E-state index < -0.39 is 5.97 Å². The lowest BCUT2D eigenvalue weighted by atomic mass is 10.1. The van der Waals surface area contributed by atoms with Crippen molar-refractivity contribution < 1.29 is 14.3 Å². The summed E-state index contributed by atoms with van der Waals surface area (Å²) in [5, 5.41) is 7.03. The second-order valence-corrected chi connectivity index (χ2v) is 6.76. The molecule has 0 aliphatic rings. The van der Waals surface area contributed by atoms with E-state index in [1.165, 1.54) is 11.3 Å². The number of benzene rings is 2. The molecule has 0 radical (unpaired) electrons. The van der Waals surface area contributed by atoms with Gasteiger partial charge in [0.05, 0.1) is 6.61 Å². The van der Waals surface area contributed by atoms with E-state index in [9.17, 15) is 9.59 Å². The van der Waals surface area contributed by atoms with Crippen molar-refractivity contribution in [3.8, 4) is 0 Å². The first-order valence-corrected chi connectivity index (χ1v) is 9.18. The Kier molecular flexibility index (Phi) is 5.60. The first-order valence-electron chi connectivity index (χ1n) is 7.96. The zero-order valence-electron chi connectivity index (χ0n) is 13.9. The van der Waals surface area contributed by atoms with Crippen LogP contribution in [0.25, 0.3) is 10.1 Å². The highest BCUT2D eigenvalue weighted by Crippen LogP contribution is 2.36. The maximum Gasteiger partial charge on any atom is 0.341 e. The summed E-state index contributed by atoms with van der Waals surface area (Å²) in [6.45, 7) is 2.03. The third-order valence-electron chi connectivity index (χ3n) is 3.57. The van der Waals surface area contributed by atoms with Gasteiger partial charge in [-0.25, -0.2) is 4.79 Å². The van der Waals surface area contributed by atoms with E-state index in [1.807, 2.05) is 30.3 Å². The smallest absolute Gasteiger partial charge is 0.341 e. The van der Waals surface area contributed by atoms with Gasteiger partial charge in [0.15, 0.2) is 5.11 Å². The molecule has 0 fully saturated rings. The Balaban J connectivity index is 1.83. The number of anilines is 1. The monoisotopic (exact) mass is 384 g/mol. The van der Waals surface area contributed by atoms with E-state index in [-0.39, 0.29) is 17.6 Å². The van der Waals surface area contributed by atoms with Crippen LogP contribution in [0.2, 0.25) is 0 Å². The highest BCUT2D eigenvalue weighted by Gasteiger charge is 2.21. The number of rotatable bonds is 4. The molecule has 1 amide bonds. The quantitative estimate of drug-likeness (QED) is 0.521. The van der Waals surface area contributed by atoms with E-state index >= 15 is 0 Å². The minimum Gasteiger partial charge on any atom is -0.462 e. The van der Waals surface area contributed by atoms with Crippen molar-refractivity contribution in [3.05, 3.63) is 65.7 Å². The Labute approximate surface area is 160 Å². The van der Waals surface area contributed by atoms with Crippen LogP contribution in [0.4, 0.5) is 5.00 Å². The van der Waals surface area contributed by atoms with Gasteiger partial charge in [-0.2, -0.15) is 0 Å². The van der Waals surface area contributed by atoms with Gasteiger partial charge in [0, 0.05) is 15.6 Å². The van der Waals surface area contributed by atoms with Crippen molar-refractivity contribution in [1.29, 1.82) is 0 Å². The minimum atomic E-state index is -0.426. The normalized spacial score (nSPS) is 10.3. The minimum absolute atomic E-state index is 0.121. The lowest BCUT2D eigenvalue weighted by Gasteiger charge is -2.10. The molecule has 3 rings (SSSR count). The largest absolute Gasteiger partial charge is 0.462 e. The number of thiocarbonyl (C=S) groups is 1. The number of nitrogens with one attached hydrogen (secondary N) is 2. The predicted octanol–water partition coefficient (Wildman–Crippen LogP) is 4.20. The number of carbonyl (C=O) groups is 2. The highest BCUT2D eigenvalue weighted by atomic mass is 32.1.